The van der Waals surface area contributed by atoms with E-state index in [-0.39, 0.29) is 52.6 Å². The number of halogens is 6. The van der Waals surface area contributed by atoms with Gasteiger partial charge < -0.3 is 15.8 Å². The molecule has 0 aliphatic carbocycles. The molecular weight excluding hydrogens is 480 g/mol. The van der Waals surface area contributed by atoms with Crippen molar-refractivity contribution in [2.45, 2.75) is 25.3 Å². The van der Waals surface area contributed by atoms with Crippen LogP contribution in [0.15, 0.2) is 12.4 Å². The molecule has 2 aromatic heterocycles. The minimum atomic E-state index is -2.87. The second kappa shape index (κ2) is 9.64. The molecule has 31 heavy (non-hydrogen) atoms. The fourth-order valence-corrected chi connectivity index (χ4v) is 3.84. The van der Waals surface area contributed by atoms with Gasteiger partial charge in [0, 0.05) is 30.1 Å². The molecule has 13 heteroatoms. The maximum atomic E-state index is 14.8. The molecule has 1 atom stereocenters. The lowest BCUT2D eigenvalue weighted by Crippen LogP contribution is -2.40. The van der Waals surface area contributed by atoms with Crippen molar-refractivity contribution in [3.05, 3.63) is 40.1 Å². The molecular formula is C18H20Cl3F3N6O. The molecule has 1 aliphatic heterocycles. The summed E-state index contributed by atoms with van der Waals surface area (Å²) in [5.41, 5.74) is 6.30. The van der Waals surface area contributed by atoms with Gasteiger partial charge in [-0.2, -0.15) is 5.10 Å². The molecule has 170 valence electrons. The average molecular weight is 500 g/mol. The predicted octanol–water partition coefficient (Wildman–Crippen LogP) is 4.29. The Labute approximate surface area is 193 Å². The lowest BCUT2D eigenvalue weighted by Gasteiger charge is -2.31. The van der Waals surface area contributed by atoms with E-state index in [4.69, 9.17) is 22.1 Å². The number of fused-ring (bicyclic) bond motifs is 1. The Morgan fingerprint density at radius 3 is 2.52 bits per heavy atom. The van der Waals surface area contributed by atoms with Crippen molar-refractivity contribution in [1.29, 1.82) is 0 Å². The third kappa shape index (κ3) is 4.09. The number of aromatic nitrogens is 4. The quantitative estimate of drug-likeness (QED) is 0.544. The Morgan fingerprint density at radius 2 is 1.97 bits per heavy atom. The fraction of sp³-hybridized carbons (Fsp3) is 0.389. The molecule has 0 spiro atoms. The lowest BCUT2D eigenvalue weighted by molar-refractivity contribution is 0.146. The van der Waals surface area contributed by atoms with Crippen molar-refractivity contribution in [3.8, 4) is 5.75 Å². The summed E-state index contributed by atoms with van der Waals surface area (Å²) in [6.07, 6.45) is -1.69. The minimum Gasteiger partial charge on any atom is -0.496 e. The first-order chi connectivity index (χ1) is 13.8. The molecule has 3 heterocycles. The van der Waals surface area contributed by atoms with Gasteiger partial charge in [-0.3, -0.25) is 0 Å². The first-order valence-corrected chi connectivity index (χ1v) is 9.26. The van der Waals surface area contributed by atoms with Gasteiger partial charge in [0.15, 0.2) is 5.65 Å². The Bertz CT molecular complexity index is 1090. The van der Waals surface area contributed by atoms with Gasteiger partial charge in [-0.25, -0.2) is 27.8 Å². The molecule has 1 fully saturated rings. The standard InChI is InChI=1S/C18H18ClF3N6O.2ClH/c1-7(28-18-12(14(27-28)16(21)22)17(23)25-6-26-18)9-3-10(19)13(20)11(15(9)29-2)8-4-24-5-8;;/h3,6-8,16,24H,4-5H2,1-2H3,(H2,23,25,26);2*1H. The second-order valence-electron chi connectivity index (χ2n) is 6.83. The Morgan fingerprint density at radius 1 is 1.29 bits per heavy atom. The van der Waals surface area contributed by atoms with E-state index in [1.54, 1.807) is 6.92 Å². The third-order valence-corrected chi connectivity index (χ3v) is 5.47. The van der Waals surface area contributed by atoms with Crippen LogP contribution in [0.1, 0.15) is 42.1 Å². The Balaban J connectivity index is 0.00000171. The summed E-state index contributed by atoms with van der Waals surface area (Å²) in [6.45, 7) is 2.89. The van der Waals surface area contributed by atoms with Crippen LogP contribution in [0.4, 0.5) is 19.0 Å². The number of rotatable bonds is 5. The number of nitrogens with one attached hydrogen (secondary N) is 1. The van der Waals surface area contributed by atoms with Crippen LogP contribution >= 0.6 is 36.4 Å². The van der Waals surface area contributed by atoms with E-state index in [0.29, 0.717) is 30.0 Å². The Hall–Kier alpha value is -2.01. The summed E-state index contributed by atoms with van der Waals surface area (Å²) in [6, 6.07) is 0.787. The predicted molar refractivity (Wildman–Crippen MR) is 117 cm³/mol. The maximum absolute atomic E-state index is 14.8. The number of alkyl halides is 2. The minimum absolute atomic E-state index is 0. The van der Waals surface area contributed by atoms with Crippen LogP contribution in [-0.4, -0.2) is 39.9 Å². The molecule has 1 aliphatic rings. The normalized spacial score (nSPS) is 14.7. The van der Waals surface area contributed by atoms with Crippen LogP contribution in [0.3, 0.4) is 0 Å². The number of nitrogens with two attached hydrogens (primary N) is 1. The van der Waals surface area contributed by atoms with E-state index in [2.05, 4.69) is 20.4 Å². The SMILES string of the molecule is COc1c(C(C)n2nc(C(F)F)c3c(N)ncnc32)cc(Cl)c(F)c1C1CNC1.Cl.Cl. The summed E-state index contributed by atoms with van der Waals surface area (Å²) >= 11 is 6.16. The number of ether oxygens (including phenoxy) is 1. The number of hydrogen-bond acceptors (Lipinski definition) is 6. The molecule has 3 N–H and O–H groups in total. The molecule has 3 aromatic rings. The molecule has 0 saturated carbocycles. The van der Waals surface area contributed by atoms with Gasteiger partial charge in [-0.15, -0.1) is 24.8 Å². The molecule has 4 rings (SSSR count). The van der Waals surface area contributed by atoms with Crippen molar-refractivity contribution in [2.24, 2.45) is 0 Å². The van der Waals surface area contributed by atoms with E-state index in [1.807, 2.05) is 0 Å². The molecule has 0 bridgehead atoms. The van der Waals surface area contributed by atoms with E-state index in [1.165, 1.54) is 24.2 Å². The average Bonchev–Trinajstić information content (AvgIpc) is 3.04. The number of methoxy groups -OCH3 is 1. The van der Waals surface area contributed by atoms with Gasteiger partial charge in [-0.05, 0) is 13.0 Å². The van der Waals surface area contributed by atoms with E-state index < -0.39 is 24.0 Å². The van der Waals surface area contributed by atoms with Crippen LogP contribution in [0.5, 0.6) is 5.75 Å². The van der Waals surface area contributed by atoms with Crippen LogP contribution in [0.25, 0.3) is 11.0 Å². The van der Waals surface area contributed by atoms with Gasteiger partial charge in [0.1, 0.15) is 29.4 Å². The van der Waals surface area contributed by atoms with Gasteiger partial charge in [0.2, 0.25) is 0 Å². The zero-order valence-electron chi connectivity index (χ0n) is 16.4. The number of hydrogen-bond donors (Lipinski definition) is 2. The highest BCUT2D eigenvalue weighted by Gasteiger charge is 2.32. The fourth-order valence-electron chi connectivity index (χ4n) is 3.62. The highest BCUT2D eigenvalue weighted by molar-refractivity contribution is 6.31. The van der Waals surface area contributed by atoms with Crippen molar-refractivity contribution in [1.82, 2.24) is 25.1 Å². The van der Waals surface area contributed by atoms with E-state index in [0.717, 1.165) is 0 Å². The zero-order valence-corrected chi connectivity index (χ0v) is 18.8. The summed E-state index contributed by atoms with van der Waals surface area (Å²) in [4.78, 5) is 7.88. The topological polar surface area (TPSA) is 90.9 Å². The maximum Gasteiger partial charge on any atom is 0.282 e. The van der Waals surface area contributed by atoms with Crippen molar-refractivity contribution >= 4 is 53.3 Å². The monoisotopic (exact) mass is 498 g/mol. The summed E-state index contributed by atoms with van der Waals surface area (Å²) in [7, 11) is 1.43. The molecule has 0 radical (unpaired) electrons. The largest absolute Gasteiger partial charge is 0.496 e. The van der Waals surface area contributed by atoms with Crippen LogP contribution in [0, 0.1) is 5.82 Å². The molecule has 1 unspecified atom stereocenters. The van der Waals surface area contributed by atoms with Crippen LogP contribution in [-0.2, 0) is 0 Å². The first-order valence-electron chi connectivity index (χ1n) is 8.88. The Kier molecular flexibility index (Phi) is 7.85. The second-order valence-corrected chi connectivity index (χ2v) is 7.23. The summed E-state index contributed by atoms with van der Waals surface area (Å²) < 4.78 is 48.7. The molecule has 7 nitrogen and oxygen atoms in total. The molecule has 0 amide bonds. The molecule has 1 aromatic carbocycles. The van der Waals surface area contributed by atoms with Crippen molar-refractivity contribution < 1.29 is 17.9 Å². The lowest BCUT2D eigenvalue weighted by atomic mass is 9.89. The number of nitrogens with zero attached hydrogens (tertiary/aromatic N) is 4. The van der Waals surface area contributed by atoms with E-state index in [9.17, 15) is 13.2 Å². The van der Waals surface area contributed by atoms with E-state index >= 15 is 0 Å². The molecule has 1 saturated heterocycles. The highest BCUT2D eigenvalue weighted by Crippen LogP contribution is 2.42. The highest BCUT2D eigenvalue weighted by atomic mass is 35.5. The van der Waals surface area contributed by atoms with Crippen LogP contribution < -0.4 is 15.8 Å². The van der Waals surface area contributed by atoms with Crippen molar-refractivity contribution in [3.63, 3.8) is 0 Å². The smallest absolute Gasteiger partial charge is 0.282 e. The zero-order chi connectivity index (χ0) is 20.9. The first kappa shape index (κ1) is 25.3. The summed E-state index contributed by atoms with van der Waals surface area (Å²) in [5, 5.41) is 7.04. The van der Waals surface area contributed by atoms with Gasteiger partial charge >= 0.3 is 0 Å². The third-order valence-electron chi connectivity index (χ3n) is 5.20. The number of nitrogen functional groups attached to an aromatic ring is 1. The summed E-state index contributed by atoms with van der Waals surface area (Å²) in [5.74, 6) is -0.418. The van der Waals surface area contributed by atoms with Gasteiger partial charge in [0.05, 0.1) is 23.6 Å². The van der Waals surface area contributed by atoms with Crippen LogP contribution in [0.2, 0.25) is 5.02 Å². The van der Waals surface area contributed by atoms with Crippen molar-refractivity contribution in [2.75, 3.05) is 25.9 Å². The number of benzene rings is 1. The van der Waals surface area contributed by atoms with Gasteiger partial charge in [-0.1, -0.05) is 11.6 Å². The van der Waals surface area contributed by atoms with Gasteiger partial charge in [0.25, 0.3) is 6.43 Å². The number of anilines is 1.